The summed E-state index contributed by atoms with van der Waals surface area (Å²) in [5, 5.41) is 3.40. The molecule has 1 saturated heterocycles. The van der Waals surface area contributed by atoms with Gasteiger partial charge in [-0.15, -0.1) is 0 Å². The summed E-state index contributed by atoms with van der Waals surface area (Å²) in [5.74, 6) is 0.866. The van der Waals surface area contributed by atoms with E-state index in [1.807, 2.05) is 6.07 Å². The molecule has 0 bridgehead atoms. The molecular weight excluding hydrogens is 240 g/mol. The molecule has 0 radical (unpaired) electrons. The third kappa shape index (κ3) is 4.80. The van der Waals surface area contributed by atoms with Crippen molar-refractivity contribution in [2.24, 2.45) is 0 Å². The standard InChI is InChI=1S/C15H24N2O2/c1-12(2)17-9-13-6-7-16-10-15(13)19-11-14-5-3-4-8-18-14/h6-7,10,12,14,17H,3-5,8-9,11H2,1-2H3. The summed E-state index contributed by atoms with van der Waals surface area (Å²) in [6.07, 6.45) is 7.34. The van der Waals surface area contributed by atoms with E-state index in [0.717, 1.165) is 30.9 Å². The van der Waals surface area contributed by atoms with Crippen molar-refractivity contribution in [3.05, 3.63) is 24.0 Å². The highest BCUT2D eigenvalue weighted by atomic mass is 16.5. The Kier molecular flexibility index (Phi) is 5.61. The van der Waals surface area contributed by atoms with Crippen molar-refractivity contribution in [2.75, 3.05) is 13.2 Å². The van der Waals surface area contributed by atoms with Crippen LogP contribution in [0.4, 0.5) is 0 Å². The highest BCUT2D eigenvalue weighted by Crippen LogP contribution is 2.19. The first kappa shape index (κ1) is 14.3. The topological polar surface area (TPSA) is 43.4 Å². The number of nitrogens with one attached hydrogen (secondary N) is 1. The molecule has 1 fully saturated rings. The van der Waals surface area contributed by atoms with E-state index in [1.165, 1.54) is 12.8 Å². The van der Waals surface area contributed by atoms with Gasteiger partial charge in [-0.2, -0.15) is 0 Å². The number of nitrogens with zero attached hydrogens (tertiary/aromatic N) is 1. The Bertz CT molecular complexity index is 376. The Balaban J connectivity index is 1.87. The van der Waals surface area contributed by atoms with Crippen LogP contribution in [0.1, 0.15) is 38.7 Å². The molecule has 1 atom stereocenters. The first-order valence-electron chi connectivity index (χ1n) is 7.16. The van der Waals surface area contributed by atoms with E-state index >= 15 is 0 Å². The lowest BCUT2D eigenvalue weighted by Crippen LogP contribution is -2.26. The highest BCUT2D eigenvalue weighted by Gasteiger charge is 2.15. The molecule has 1 N–H and O–H groups in total. The van der Waals surface area contributed by atoms with E-state index < -0.39 is 0 Å². The van der Waals surface area contributed by atoms with Crippen LogP contribution in [-0.2, 0) is 11.3 Å². The van der Waals surface area contributed by atoms with Gasteiger partial charge in [-0.1, -0.05) is 13.8 Å². The van der Waals surface area contributed by atoms with Gasteiger partial charge in [-0.25, -0.2) is 0 Å². The summed E-state index contributed by atoms with van der Waals surface area (Å²) in [6.45, 7) is 6.57. The predicted molar refractivity (Wildman–Crippen MR) is 75.3 cm³/mol. The van der Waals surface area contributed by atoms with Crippen molar-refractivity contribution in [3.63, 3.8) is 0 Å². The highest BCUT2D eigenvalue weighted by molar-refractivity contribution is 5.29. The van der Waals surface area contributed by atoms with Gasteiger partial charge in [-0.3, -0.25) is 4.98 Å². The van der Waals surface area contributed by atoms with E-state index in [1.54, 1.807) is 12.4 Å². The summed E-state index contributed by atoms with van der Waals surface area (Å²) in [5.41, 5.74) is 1.15. The number of hydrogen-bond acceptors (Lipinski definition) is 4. The van der Waals surface area contributed by atoms with Gasteiger partial charge in [0, 0.05) is 31.0 Å². The van der Waals surface area contributed by atoms with E-state index in [4.69, 9.17) is 9.47 Å². The molecule has 1 aliphatic heterocycles. The molecule has 1 aliphatic rings. The van der Waals surface area contributed by atoms with Crippen molar-refractivity contribution in [1.82, 2.24) is 10.3 Å². The number of ether oxygens (including phenoxy) is 2. The van der Waals surface area contributed by atoms with Gasteiger partial charge in [0.1, 0.15) is 12.4 Å². The fraction of sp³-hybridized carbons (Fsp3) is 0.667. The quantitative estimate of drug-likeness (QED) is 0.857. The second-order valence-electron chi connectivity index (χ2n) is 5.32. The minimum atomic E-state index is 0.236. The van der Waals surface area contributed by atoms with Gasteiger partial charge in [0.05, 0.1) is 12.3 Å². The summed E-state index contributed by atoms with van der Waals surface area (Å²) in [4.78, 5) is 4.14. The Morgan fingerprint density at radius 3 is 3.11 bits per heavy atom. The smallest absolute Gasteiger partial charge is 0.142 e. The van der Waals surface area contributed by atoms with Crippen molar-refractivity contribution in [1.29, 1.82) is 0 Å². The van der Waals surface area contributed by atoms with Crippen LogP contribution >= 0.6 is 0 Å². The Morgan fingerprint density at radius 2 is 2.37 bits per heavy atom. The van der Waals surface area contributed by atoms with Crippen LogP contribution in [-0.4, -0.2) is 30.3 Å². The third-order valence-corrected chi connectivity index (χ3v) is 3.27. The summed E-state index contributed by atoms with van der Waals surface area (Å²) in [7, 11) is 0. The Hall–Kier alpha value is -1.13. The largest absolute Gasteiger partial charge is 0.489 e. The van der Waals surface area contributed by atoms with Crippen molar-refractivity contribution in [3.8, 4) is 5.75 Å². The maximum Gasteiger partial charge on any atom is 0.142 e. The first-order chi connectivity index (χ1) is 9.25. The molecule has 0 aromatic carbocycles. The lowest BCUT2D eigenvalue weighted by Gasteiger charge is -2.23. The molecule has 106 valence electrons. The van der Waals surface area contributed by atoms with E-state index in [9.17, 15) is 0 Å². The maximum atomic E-state index is 5.88. The Labute approximate surface area is 115 Å². The van der Waals surface area contributed by atoms with Gasteiger partial charge < -0.3 is 14.8 Å². The zero-order chi connectivity index (χ0) is 13.5. The monoisotopic (exact) mass is 264 g/mol. The second kappa shape index (κ2) is 7.46. The fourth-order valence-electron chi connectivity index (χ4n) is 2.12. The molecule has 1 unspecified atom stereocenters. The first-order valence-corrected chi connectivity index (χ1v) is 7.16. The number of pyridine rings is 1. The summed E-state index contributed by atoms with van der Waals surface area (Å²) >= 11 is 0. The molecule has 0 aliphatic carbocycles. The van der Waals surface area contributed by atoms with Gasteiger partial charge in [0.2, 0.25) is 0 Å². The number of aromatic nitrogens is 1. The van der Waals surface area contributed by atoms with Gasteiger partial charge >= 0.3 is 0 Å². The van der Waals surface area contributed by atoms with Crippen molar-refractivity contribution >= 4 is 0 Å². The van der Waals surface area contributed by atoms with Crippen molar-refractivity contribution in [2.45, 2.75) is 51.8 Å². The van der Waals surface area contributed by atoms with E-state index in [0.29, 0.717) is 12.6 Å². The van der Waals surface area contributed by atoms with Crippen molar-refractivity contribution < 1.29 is 9.47 Å². The normalized spacial score (nSPS) is 19.6. The number of rotatable bonds is 6. The lowest BCUT2D eigenvalue weighted by atomic mass is 10.1. The molecule has 0 amide bonds. The second-order valence-corrected chi connectivity index (χ2v) is 5.32. The zero-order valence-electron chi connectivity index (χ0n) is 11.9. The average Bonchev–Trinajstić information content (AvgIpc) is 2.45. The molecule has 2 rings (SSSR count). The molecule has 0 saturated carbocycles. The average molecular weight is 264 g/mol. The minimum absolute atomic E-state index is 0.236. The van der Waals surface area contributed by atoms with Crippen LogP contribution in [0, 0.1) is 0 Å². The molecule has 4 heteroatoms. The van der Waals surface area contributed by atoms with Crippen LogP contribution < -0.4 is 10.1 Å². The summed E-state index contributed by atoms with van der Waals surface area (Å²) < 4.78 is 11.6. The molecule has 4 nitrogen and oxygen atoms in total. The van der Waals surface area contributed by atoms with E-state index in [2.05, 4.69) is 24.1 Å². The summed E-state index contributed by atoms with van der Waals surface area (Å²) in [6, 6.07) is 2.47. The fourth-order valence-corrected chi connectivity index (χ4v) is 2.12. The molecule has 19 heavy (non-hydrogen) atoms. The molecule has 2 heterocycles. The van der Waals surface area contributed by atoms with Crippen LogP contribution in [0.2, 0.25) is 0 Å². The van der Waals surface area contributed by atoms with Crippen LogP contribution in [0.25, 0.3) is 0 Å². The number of hydrogen-bond donors (Lipinski definition) is 1. The molecule has 1 aromatic heterocycles. The third-order valence-electron chi connectivity index (χ3n) is 3.27. The Morgan fingerprint density at radius 1 is 1.47 bits per heavy atom. The van der Waals surface area contributed by atoms with Crippen LogP contribution in [0.3, 0.4) is 0 Å². The maximum absolute atomic E-state index is 5.88. The van der Waals surface area contributed by atoms with Gasteiger partial charge in [-0.05, 0) is 25.3 Å². The zero-order valence-corrected chi connectivity index (χ0v) is 11.9. The molecule has 1 aromatic rings. The predicted octanol–water partition coefficient (Wildman–Crippen LogP) is 2.53. The minimum Gasteiger partial charge on any atom is -0.489 e. The lowest BCUT2D eigenvalue weighted by molar-refractivity contribution is -0.0113. The van der Waals surface area contributed by atoms with Gasteiger partial charge in [0.15, 0.2) is 0 Å². The molecule has 0 spiro atoms. The van der Waals surface area contributed by atoms with E-state index in [-0.39, 0.29) is 6.10 Å². The van der Waals surface area contributed by atoms with Gasteiger partial charge in [0.25, 0.3) is 0 Å². The van der Waals surface area contributed by atoms with Crippen LogP contribution in [0.5, 0.6) is 5.75 Å². The SMILES string of the molecule is CC(C)NCc1ccncc1OCC1CCCCO1. The molecular formula is C15H24N2O2. The van der Waals surface area contributed by atoms with Crippen LogP contribution in [0.15, 0.2) is 18.5 Å².